The molecule has 0 aliphatic rings. The maximum atomic E-state index is 4.12. The van der Waals surface area contributed by atoms with Crippen molar-refractivity contribution in [1.29, 1.82) is 0 Å². The second-order valence-corrected chi connectivity index (χ2v) is 6.00. The Bertz CT molecular complexity index is 285. The summed E-state index contributed by atoms with van der Waals surface area (Å²) >= 11 is 3.40. The molecule has 0 aliphatic heterocycles. The van der Waals surface area contributed by atoms with Crippen LogP contribution in [0.2, 0.25) is 0 Å². The van der Waals surface area contributed by atoms with Crippen molar-refractivity contribution < 1.29 is 0 Å². The predicted octanol–water partition coefficient (Wildman–Crippen LogP) is 1.69. The number of hydrogen-bond acceptors (Lipinski definition) is 6. The van der Waals surface area contributed by atoms with Gasteiger partial charge in [0, 0.05) is 32.4 Å². The van der Waals surface area contributed by atoms with Crippen molar-refractivity contribution in [3.63, 3.8) is 0 Å². The molecule has 1 rings (SSSR count). The van der Waals surface area contributed by atoms with E-state index in [9.17, 15) is 0 Å². The molecule has 4 nitrogen and oxygen atoms in total. The fourth-order valence-electron chi connectivity index (χ4n) is 0.928. The van der Waals surface area contributed by atoms with E-state index < -0.39 is 0 Å². The van der Waals surface area contributed by atoms with Gasteiger partial charge in [0.2, 0.25) is 5.13 Å². The molecule has 1 aromatic heterocycles. The molecule has 0 fully saturated rings. The zero-order valence-electron chi connectivity index (χ0n) is 9.65. The van der Waals surface area contributed by atoms with E-state index in [-0.39, 0.29) is 0 Å². The fourth-order valence-corrected chi connectivity index (χ4v) is 2.63. The lowest BCUT2D eigenvalue weighted by Crippen LogP contribution is -2.24. The maximum Gasteiger partial charge on any atom is 0.208 e. The monoisotopic (exact) mass is 246 g/mol. The summed E-state index contributed by atoms with van der Waals surface area (Å²) < 4.78 is 1.05. The molecule has 0 saturated carbocycles. The Morgan fingerprint density at radius 1 is 1.40 bits per heavy atom. The molecular formula is C9H18N4S2. The number of hydrogen-bond donors (Lipinski definition) is 1. The molecule has 0 atom stereocenters. The molecule has 0 aromatic carbocycles. The minimum absolute atomic E-state index is 0.553. The lowest BCUT2D eigenvalue weighted by molar-refractivity contribution is 0.616. The lowest BCUT2D eigenvalue weighted by atomic mass is 10.4. The van der Waals surface area contributed by atoms with Crippen molar-refractivity contribution in [2.45, 2.75) is 24.2 Å². The van der Waals surface area contributed by atoms with Gasteiger partial charge in [0.25, 0.3) is 0 Å². The highest BCUT2D eigenvalue weighted by Gasteiger charge is 2.05. The largest absolute Gasteiger partial charge is 0.353 e. The van der Waals surface area contributed by atoms with Crippen LogP contribution in [-0.2, 0) is 0 Å². The molecular weight excluding hydrogens is 228 g/mol. The number of aromatic nitrogens is 2. The van der Waals surface area contributed by atoms with Crippen LogP contribution < -0.4 is 10.2 Å². The average Bonchev–Trinajstić information content (AvgIpc) is 2.60. The Kier molecular flexibility index (Phi) is 5.35. The number of nitrogens with one attached hydrogen (secondary N) is 1. The summed E-state index contributed by atoms with van der Waals surface area (Å²) in [5, 5.41) is 12.5. The average molecular weight is 246 g/mol. The Labute approximate surface area is 99.5 Å². The third kappa shape index (κ3) is 4.81. The van der Waals surface area contributed by atoms with Crippen LogP contribution in [0, 0.1) is 0 Å². The molecule has 0 spiro atoms. The van der Waals surface area contributed by atoms with Crippen LogP contribution >= 0.6 is 23.1 Å². The highest BCUT2D eigenvalue weighted by Crippen LogP contribution is 2.26. The normalized spacial score (nSPS) is 11.0. The second-order valence-electron chi connectivity index (χ2n) is 3.70. The summed E-state index contributed by atoms with van der Waals surface area (Å²) in [7, 11) is 3.96. The van der Waals surface area contributed by atoms with Gasteiger partial charge in [-0.3, -0.25) is 0 Å². The molecule has 1 aromatic rings. The standard InChI is InChI=1S/C9H18N4S2/c1-7(2)10-5-6-14-9-12-11-8(15-9)13(3)4/h7,10H,5-6H2,1-4H3. The van der Waals surface area contributed by atoms with E-state index in [1.54, 1.807) is 23.1 Å². The van der Waals surface area contributed by atoms with Crippen LogP contribution in [0.3, 0.4) is 0 Å². The topological polar surface area (TPSA) is 41.1 Å². The first-order valence-corrected chi connectivity index (χ1v) is 6.77. The first-order valence-electron chi connectivity index (χ1n) is 4.96. The fraction of sp³-hybridized carbons (Fsp3) is 0.778. The third-order valence-corrected chi connectivity index (χ3v) is 3.88. The molecule has 86 valence electrons. The van der Waals surface area contributed by atoms with Crippen LogP contribution in [0.15, 0.2) is 4.34 Å². The van der Waals surface area contributed by atoms with Gasteiger partial charge in [-0.25, -0.2) is 0 Å². The van der Waals surface area contributed by atoms with E-state index in [0.717, 1.165) is 21.8 Å². The minimum atomic E-state index is 0.553. The first kappa shape index (κ1) is 12.7. The van der Waals surface area contributed by atoms with Crippen molar-refractivity contribution in [3.05, 3.63) is 0 Å². The minimum Gasteiger partial charge on any atom is -0.353 e. The molecule has 0 aliphatic carbocycles. The van der Waals surface area contributed by atoms with Crippen molar-refractivity contribution >= 4 is 28.2 Å². The van der Waals surface area contributed by atoms with Crippen molar-refractivity contribution in [2.24, 2.45) is 0 Å². The summed E-state index contributed by atoms with van der Waals surface area (Å²) in [6.45, 7) is 5.32. The summed E-state index contributed by atoms with van der Waals surface area (Å²) in [5.41, 5.74) is 0. The molecule has 0 radical (unpaired) electrons. The van der Waals surface area contributed by atoms with E-state index in [2.05, 4.69) is 29.4 Å². The molecule has 1 N–H and O–H groups in total. The van der Waals surface area contributed by atoms with Gasteiger partial charge in [-0.2, -0.15) is 0 Å². The van der Waals surface area contributed by atoms with Gasteiger partial charge < -0.3 is 10.2 Å². The van der Waals surface area contributed by atoms with E-state index >= 15 is 0 Å². The highest BCUT2D eigenvalue weighted by molar-refractivity contribution is 8.01. The Hall–Kier alpha value is -0.330. The van der Waals surface area contributed by atoms with Crippen molar-refractivity contribution in [1.82, 2.24) is 15.5 Å². The van der Waals surface area contributed by atoms with Gasteiger partial charge in [-0.05, 0) is 0 Å². The molecule has 0 amide bonds. The molecule has 0 saturated heterocycles. The Balaban J connectivity index is 2.26. The zero-order chi connectivity index (χ0) is 11.3. The van der Waals surface area contributed by atoms with Crippen molar-refractivity contribution in [3.8, 4) is 0 Å². The number of rotatable bonds is 6. The zero-order valence-corrected chi connectivity index (χ0v) is 11.3. The molecule has 6 heteroatoms. The smallest absolute Gasteiger partial charge is 0.208 e. The molecule has 0 unspecified atom stereocenters. The highest BCUT2D eigenvalue weighted by atomic mass is 32.2. The summed E-state index contributed by atoms with van der Waals surface area (Å²) in [4.78, 5) is 1.98. The lowest BCUT2D eigenvalue weighted by Gasteiger charge is -2.06. The van der Waals surface area contributed by atoms with Crippen LogP contribution in [0.25, 0.3) is 0 Å². The summed E-state index contributed by atoms with van der Waals surface area (Å²) in [5.74, 6) is 1.04. The number of nitrogens with zero attached hydrogens (tertiary/aromatic N) is 3. The van der Waals surface area contributed by atoms with Gasteiger partial charge >= 0.3 is 0 Å². The molecule has 1 heterocycles. The van der Waals surface area contributed by atoms with Crippen LogP contribution in [0.4, 0.5) is 5.13 Å². The van der Waals surface area contributed by atoms with E-state index in [1.165, 1.54) is 0 Å². The van der Waals surface area contributed by atoms with Gasteiger partial charge in [0.05, 0.1) is 0 Å². The van der Waals surface area contributed by atoms with E-state index in [4.69, 9.17) is 0 Å². The summed E-state index contributed by atoms with van der Waals surface area (Å²) in [6, 6.07) is 0.553. The third-order valence-electron chi connectivity index (χ3n) is 1.66. The molecule has 15 heavy (non-hydrogen) atoms. The second kappa shape index (κ2) is 6.30. The Morgan fingerprint density at radius 3 is 2.67 bits per heavy atom. The number of anilines is 1. The van der Waals surface area contributed by atoms with Crippen LogP contribution in [0.1, 0.15) is 13.8 Å². The number of thioether (sulfide) groups is 1. The Morgan fingerprint density at radius 2 is 2.13 bits per heavy atom. The summed E-state index contributed by atoms with van der Waals surface area (Å²) in [6.07, 6.45) is 0. The molecule has 0 bridgehead atoms. The van der Waals surface area contributed by atoms with E-state index in [1.807, 2.05) is 19.0 Å². The van der Waals surface area contributed by atoms with Gasteiger partial charge in [0.15, 0.2) is 4.34 Å². The van der Waals surface area contributed by atoms with Crippen molar-refractivity contribution in [2.75, 3.05) is 31.3 Å². The van der Waals surface area contributed by atoms with Gasteiger partial charge in [-0.15, -0.1) is 10.2 Å². The van der Waals surface area contributed by atoms with Gasteiger partial charge in [0.1, 0.15) is 0 Å². The SMILES string of the molecule is CC(C)NCCSc1nnc(N(C)C)s1. The van der Waals surface area contributed by atoms with E-state index in [0.29, 0.717) is 6.04 Å². The van der Waals surface area contributed by atoms with Crippen LogP contribution in [-0.4, -0.2) is 42.6 Å². The quantitative estimate of drug-likeness (QED) is 0.611. The first-order chi connectivity index (χ1) is 7.09. The maximum absolute atomic E-state index is 4.12. The predicted molar refractivity (Wildman–Crippen MR) is 68.1 cm³/mol. The van der Waals surface area contributed by atoms with Crippen LogP contribution in [0.5, 0.6) is 0 Å². The van der Waals surface area contributed by atoms with Gasteiger partial charge in [-0.1, -0.05) is 36.9 Å².